The Balaban J connectivity index is 2.03. The number of likely N-dealkylation sites (N-methyl/N-ethyl adjacent to an activating group) is 1. The maximum absolute atomic E-state index is 9.00. The second-order valence-corrected chi connectivity index (χ2v) is 4.52. The average molecular weight is 200 g/mol. The quantitative estimate of drug-likeness (QED) is 0.634. The van der Waals surface area contributed by atoms with Crippen LogP contribution in [0.5, 0.6) is 0 Å². The number of rotatable bonds is 7. The molecule has 1 aliphatic carbocycles. The van der Waals surface area contributed by atoms with Crippen LogP contribution in [0.4, 0.5) is 0 Å². The Morgan fingerprint density at radius 3 is 2.64 bits per heavy atom. The van der Waals surface area contributed by atoms with E-state index in [9.17, 15) is 0 Å². The Morgan fingerprint density at radius 1 is 1.50 bits per heavy atom. The van der Waals surface area contributed by atoms with Gasteiger partial charge in [0.25, 0.3) is 0 Å². The molecule has 0 aliphatic heterocycles. The topological polar surface area (TPSA) is 35.5 Å². The van der Waals surface area contributed by atoms with Crippen LogP contribution in [0.1, 0.15) is 25.7 Å². The van der Waals surface area contributed by atoms with Gasteiger partial charge in [0.2, 0.25) is 0 Å². The number of nitrogens with zero attached hydrogens (tertiary/aromatic N) is 1. The van der Waals surface area contributed by atoms with Crippen LogP contribution < -0.4 is 5.32 Å². The molecule has 14 heavy (non-hydrogen) atoms. The predicted molar refractivity (Wildman–Crippen MR) is 59.4 cm³/mol. The molecule has 1 unspecified atom stereocenters. The largest absolute Gasteiger partial charge is 0.395 e. The Labute approximate surface area is 87.5 Å². The van der Waals surface area contributed by atoms with Gasteiger partial charge in [-0.05, 0) is 45.8 Å². The number of aliphatic hydroxyl groups is 1. The lowest BCUT2D eigenvalue weighted by atomic mass is 9.85. The van der Waals surface area contributed by atoms with Gasteiger partial charge in [-0.2, -0.15) is 0 Å². The fraction of sp³-hybridized carbons (Fsp3) is 1.00. The standard InChI is InChI=1S/C11H24N2O/c1-12-11(9-14)6-7-13(2)8-10-4-3-5-10/h10-12,14H,3-9H2,1-2H3. The van der Waals surface area contributed by atoms with Gasteiger partial charge in [-0.1, -0.05) is 6.42 Å². The van der Waals surface area contributed by atoms with Crippen molar-refractivity contribution in [1.29, 1.82) is 0 Å². The molecule has 1 saturated carbocycles. The molecule has 0 spiro atoms. The Kier molecular flexibility index (Phi) is 5.45. The summed E-state index contributed by atoms with van der Waals surface area (Å²) in [5.74, 6) is 0.946. The van der Waals surface area contributed by atoms with E-state index in [1.807, 2.05) is 7.05 Å². The van der Waals surface area contributed by atoms with Crippen LogP contribution in [0, 0.1) is 5.92 Å². The van der Waals surface area contributed by atoms with E-state index >= 15 is 0 Å². The lowest BCUT2D eigenvalue weighted by Gasteiger charge is -2.30. The maximum Gasteiger partial charge on any atom is 0.0585 e. The molecule has 0 aromatic carbocycles. The molecule has 1 rings (SSSR count). The van der Waals surface area contributed by atoms with Crippen LogP contribution in [-0.4, -0.2) is 49.8 Å². The summed E-state index contributed by atoms with van der Waals surface area (Å²) >= 11 is 0. The van der Waals surface area contributed by atoms with Crippen LogP contribution in [0.25, 0.3) is 0 Å². The zero-order valence-corrected chi connectivity index (χ0v) is 9.50. The first-order chi connectivity index (χ1) is 6.76. The maximum atomic E-state index is 9.00. The van der Waals surface area contributed by atoms with E-state index in [-0.39, 0.29) is 12.6 Å². The SMILES string of the molecule is CNC(CO)CCN(C)CC1CCC1. The molecule has 0 aromatic rings. The first kappa shape index (κ1) is 12.0. The monoisotopic (exact) mass is 200 g/mol. The second-order valence-electron chi connectivity index (χ2n) is 4.52. The van der Waals surface area contributed by atoms with Gasteiger partial charge in [0.1, 0.15) is 0 Å². The van der Waals surface area contributed by atoms with Crippen LogP contribution in [0.2, 0.25) is 0 Å². The number of aliphatic hydroxyl groups excluding tert-OH is 1. The Bertz CT molecular complexity index is 144. The van der Waals surface area contributed by atoms with Crippen molar-refractivity contribution in [3.05, 3.63) is 0 Å². The molecule has 0 saturated heterocycles. The summed E-state index contributed by atoms with van der Waals surface area (Å²) < 4.78 is 0. The van der Waals surface area contributed by atoms with Gasteiger partial charge in [-0.3, -0.25) is 0 Å². The van der Waals surface area contributed by atoms with E-state index < -0.39 is 0 Å². The highest BCUT2D eigenvalue weighted by molar-refractivity contribution is 4.73. The van der Waals surface area contributed by atoms with Crippen LogP contribution in [-0.2, 0) is 0 Å². The molecule has 0 bridgehead atoms. The van der Waals surface area contributed by atoms with Crippen molar-refractivity contribution in [2.75, 3.05) is 33.8 Å². The summed E-state index contributed by atoms with van der Waals surface area (Å²) in [6.07, 6.45) is 5.30. The highest BCUT2D eigenvalue weighted by Gasteiger charge is 2.19. The minimum atomic E-state index is 0.244. The van der Waals surface area contributed by atoms with Crippen LogP contribution in [0.3, 0.4) is 0 Å². The fourth-order valence-corrected chi connectivity index (χ4v) is 1.91. The number of hydrogen-bond acceptors (Lipinski definition) is 3. The average Bonchev–Trinajstić information content (AvgIpc) is 2.13. The first-order valence-corrected chi connectivity index (χ1v) is 5.73. The van der Waals surface area contributed by atoms with Gasteiger partial charge in [-0.15, -0.1) is 0 Å². The predicted octanol–water partition coefficient (Wildman–Crippen LogP) is 0.689. The van der Waals surface area contributed by atoms with E-state index in [0.29, 0.717) is 0 Å². The lowest BCUT2D eigenvalue weighted by molar-refractivity contribution is 0.185. The summed E-state index contributed by atoms with van der Waals surface area (Å²) in [6.45, 7) is 2.57. The Hall–Kier alpha value is -0.120. The van der Waals surface area contributed by atoms with E-state index in [4.69, 9.17) is 5.11 Å². The summed E-state index contributed by atoms with van der Waals surface area (Å²) in [4.78, 5) is 2.39. The van der Waals surface area contributed by atoms with Crippen molar-refractivity contribution in [2.45, 2.75) is 31.7 Å². The third-order valence-electron chi connectivity index (χ3n) is 3.28. The molecule has 0 radical (unpaired) electrons. The van der Waals surface area contributed by atoms with Gasteiger partial charge in [0.15, 0.2) is 0 Å². The summed E-state index contributed by atoms with van der Waals surface area (Å²) in [5, 5.41) is 12.1. The molecule has 0 heterocycles. The van der Waals surface area contributed by atoms with Crippen LogP contribution >= 0.6 is 0 Å². The van der Waals surface area contributed by atoms with Crippen molar-refractivity contribution >= 4 is 0 Å². The Morgan fingerprint density at radius 2 is 2.21 bits per heavy atom. The van der Waals surface area contributed by atoms with Gasteiger partial charge < -0.3 is 15.3 Å². The molecule has 0 amide bonds. The van der Waals surface area contributed by atoms with Crippen molar-refractivity contribution < 1.29 is 5.11 Å². The minimum Gasteiger partial charge on any atom is -0.395 e. The molecule has 1 atom stereocenters. The highest BCUT2D eigenvalue weighted by Crippen LogP contribution is 2.26. The normalized spacial score (nSPS) is 19.7. The van der Waals surface area contributed by atoms with Crippen molar-refractivity contribution in [2.24, 2.45) is 5.92 Å². The molecule has 3 heteroatoms. The second kappa shape index (κ2) is 6.38. The van der Waals surface area contributed by atoms with Gasteiger partial charge in [0.05, 0.1) is 6.61 Å². The summed E-state index contributed by atoms with van der Waals surface area (Å²) in [6, 6.07) is 0.263. The zero-order valence-electron chi connectivity index (χ0n) is 9.50. The molecule has 84 valence electrons. The van der Waals surface area contributed by atoms with Crippen molar-refractivity contribution in [3.8, 4) is 0 Å². The third kappa shape index (κ3) is 3.95. The molecule has 2 N–H and O–H groups in total. The molecular weight excluding hydrogens is 176 g/mol. The molecule has 1 fully saturated rings. The number of hydrogen-bond donors (Lipinski definition) is 2. The van der Waals surface area contributed by atoms with E-state index in [1.54, 1.807) is 0 Å². The molecule has 3 nitrogen and oxygen atoms in total. The van der Waals surface area contributed by atoms with Gasteiger partial charge in [0, 0.05) is 12.6 Å². The van der Waals surface area contributed by atoms with E-state index in [1.165, 1.54) is 25.8 Å². The third-order valence-corrected chi connectivity index (χ3v) is 3.28. The fourth-order valence-electron chi connectivity index (χ4n) is 1.91. The number of nitrogens with one attached hydrogen (secondary N) is 1. The van der Waals surface area contributed by atoms with Crippen LogP contribution in [0.15, 0.2) is 0 Å². The smallest absolute Gasteiger partial charge is 0.0585 e. The van der Waals surface area contributed by atoms with Crippen molar-refractivity contribution in [1.82, 2.24) is 10.2 Å². The first-order valence-electron chi connectivity index (χ1n) is 5.73. The molecule has 1 aliphatic rings. The minimum absolute atomic E-state index is 0.244. The van der Waals surface area contributed by atoms with Gasteiger partial charge in [-0.25, -0.2) is 0 Å². The van der Waals surface area contributed by atoms with Gasteiger partial charge >= 0.3 is 0 Å². The lowest BCUT2D eigenvalue weighted by Crippen LogP contribution is -2.36. The zero-order chi connectivity index (χ0) is 10.4. The summed E-state index contributed by atoms with van der Waals surface area (Å²) in [7, 11) is 4.09. The molecule has 0 aromatic heterocycles. The van der Waals surface area contributed by atoms with Crippen molar-refractivity contribution in [3.63, 3.8) is 0 Å². The van der Waals surface area contributed by atoms with E-state index in [0.717, 1.165) is 18.9 Å². The molecular formula is C11H24N2O. The van der Waals surface area contributed by atoms with E-state index in [2.05, 4.69) is 17.3 Å². The summed E-state index contributed by atoms with van der Waals surface area (Å²) in [5.41, 5.74) is 0. The highest BCUT2D eigenvalue weighted by atomic mass is 16.3.